The van der Waals surface area contributed by atoms with Crippen LogP contribution in [0.5, 0.6) is 5.75 Å². The average Bonchev–Trinajstić information content (AvgIpc) is 3.13. The van der Waals surface area contributed by atoms with Gasteiger partial charge < -0.3 is 4.74 Å². The third-order valence-corrected chi connectivity index (χ3v) is 4.21. The molecule has 0 saturated carbocycles. The van der Waals surface area contributed by atoms with Gasteiger partial charge in [-0.2, -0.15) is 5.10 Å². The van der Waals surface area contributed by atoms with Crippen molar-refractivity contribution in [3.63, 3.8) is 0 Å². The van der Waals surface area contributed by atoms with Crippen molar-refractivity contribution >= 4 is 11.6 Å². The lowest BCUT2D eigenvalue weighted by Gasteiger charge is -2.19. The molecule has 1 aliphatic rings. The van der Waals surface area contributed by atoms with E-state index in [0.29, 0.717) is 19.6 Å². The van der Waals surface area contributed by atoms with E-state index in [1.165, 1.54) is 0 Å². The van der Waals surface area contributed by atoms with Gasteiger partial charge in [0.05, 0.1) is 25.9 Å². The molecule has 2 aromatic carbocycles. The van der Waals surface area contributed by atoms with Crippen LogP contribution in [0.4, 0.5) is 0 Å². The minimum Gasteiger partial charge on any atom is -0.497 e. The van der Waals surface area contributed by atoms with Crippen LogP contribution in [0, 0.1) is 0 Å². The fourth-order valence-electron chi connectivity index (χ4n) is 2.88. The maximum Gasteiger partial charge on any atom is 0.256 e. The number of hydrogen-bond donors (Lipinski definition) is 0. The van der Waals surface area contributed by atoms with Crippen molar-refractivity contribution in [3.05, 3.63) is 65.7 Å². The van der Waals surface area contributed by atoms with Crippen LogP contribution in [0.1, 0.15) is 17.5 Å². The molecule has 0 radical (unpaired) electrons. The molecule has 0 bridgehead atoms. The van der Waals surface area contributed by atoms with Crippen LogP contribution < -0.4 is 4.74 Å². The van der Waals surface area contributed by atoms with E-state index in [1.807, 2.05) is 66.5 Å². The van der Waals surface area contributed by atoms with Gasteiger partial charge >= 0.3 is 0 Å². The van der Waals surface area contributed by atoms with E-state index >= 15 is 0 Å². The van der Waals surface area contributed by atoms with E-state index in [-0.39, 0.29) is 5.91 Å². The van der Waals surface area contributed by atoms with Gasteiger partial charge in [0, 0.05) is 13.0 Å². The van der Waals surface area contributed by atoms with E-state index in [2.05, 4.69) is 5.10 Å². The lowest BCUT2D eigenvalue weighted by molar-refractivity contribution is -0.131. The molecule has 0 aliphatic carbocycles. The average molecular weight is 337 g/mol. The third kappa shape index (κ3) is 4.45. The molecule has 0 fully saturated rings. The summed E-state index contributed by atoms with van der Waals surface area (Å²) in [6.07, 6.45) is 0.804. The first-order valence-electron chi connectivity index (χ1n) is 8.40. The minimum absolute atomic E-state index is 0.0296. The van der Waals surface area contributed by atoms with Gasteiger partial charge in [-0.05, 0) is 30.3 Å². The fraction of sp³-hybridized carbons (Fsp3) is 0.300. The van der Waals surface area contributed by atoms with Crippen LogP contribution in [0.3, 0.4) is 0 Å². The van der Waals surface area contributed by atoms with Gasteiger partial charge in [-0.25, -0.2) is 5.01 Å². The van der Waals surface area contributed by atoms with E-state index in [4.69, 9.17) is 4.74 Å². The van der Waals surface area contributed by atoms with Crippen LogP contribution in [-0.2, 0) is 11.3 Å². The Labute approximate surface area is 148 Å². The second kappa shape index (κ2) is 7.94. The molecule has 130 valence electrons. The number of nitrogens with zero attached hydrogens (tertiary/aromatic N) is 3. The normalized spacial score (nSPS) is 13.9. The first-order chi connectivity index (χ1) is 12.2. The zero-order valence-corrected chi connectivity index (χ0v) is 14.7. The van der Waals surface area contributed by atoms with Gasteiger partial charge in [0.2, 0.25) is 0 Å². The number of amides is 1. The molecule has 5 nitrogen and oxygen atoms in total. The zero-order chi connectivity index (χ0) is 17.6. The van der Waals surface area contributed by atoms with Crippen LogP contribution in [0.15, 0.2) is 59.7 Å². The number of rotatable bonds is 6. The molecular formula is C20H23N3O2. The van der Waals surface area contributed by atoms with Gasteiger partial charge in [0.1, 0.15) is 5.75 Å². The SMILES string of the molecule is COc1ccc(CN(C)CC(=O)N2CCC(c3ccccc3)=N2)cc1. The van der Waals surface area contributed by atoms with Gasteiger partial charge in [-0.3, -0.25) is 9.69 Å². The molecule has 5 heteroatoms. The van der Waals surface area contributed by atoms with Crippen LogP contribution in [-0.4, -0.2) is 48.8 Å². The number of carbonyl (C=O) groups excluding carboxylic acids is 1. The molecule has 0 N–H and O–H groups in total. The summed E-state index contributed by atoms with van der Waals surface area (Å²) in [5.41, 5.74) is 3.21. The summed E-state index contributed by atoms with van der Waals surface area (Å²) in [7, 11) is 3.60. The van der Waals surface area contributed by atoms with Gasteiger partial charge in [-0.15, -0.1) is 0 Å². The van der Waals surface area contributed by atoms with Crippen molar-refractivity contribution in [3.8, 4) is 5.75 Å². The highest BCUT2D eigenvalue weighted by Crippen LogP contribution is 2.15. The van der Waals surface area contributed by atoms with Crippen molar-refractivity contribution in [2.75, 3.05) is 27.2 Å². The maximum atomic E-state index is 12.5. The highest BCUT2D eigenvalue weighted by atomic mass is 16.5. The molecule has 1 heterocycles. The Hall–Kier alpha value is -2.66. The number of benzene rings is 2. The Morgan fingerprint density at radius 2 is 1.88 bits per heavy atom. The molecular weight excluding hydrogens is 314 g/mol. The predicted octanol–water partition coefficient (Wildman–Crippen LogP) is 2.76. The largest absolute Gasteiger partial charge is 0.497 e. The summed E-state index contributed by atoms with van der Waals surface area (Å²) in [4.78, 5) is 14.5. The quantitative estimate of drug-likeness (QED) is 0.814. The lowest BCUT2D eigenvalue weighted by atomic mass is 10.1. The molecule has 3 rings (SSSR count). The third-order valence-electron chi connectivity index (χ3n) is 4.21. The van der Waals surface area contributed by atoms with E-state index in [0.717, 1.165) is 29.0 Å². The summed E-state index contributed by atoms with van der Waals surface area (Å²) in [5, 5.41) is 6.09. The summed E-state index contributed by atoms with van der Waals surface area (Å²) < 4.78 is 5.16. The Bertz CT molecular complexity index is 741. The molecule has 0 unspecified atom stereocenters. The summed E-state index contributed by atoms with van der Waals surface area (Å²) in [5.74, 6) is 0.865. The molecule has 0 spiro atoms. The number of ether oxygens (including phenoxy) is 1. The number of methoxy groups -OCH3 is 1. The van der Waals surface area contributed by atoms with Gasteiger partial charge in [-0.1, -0.05) is 42.5 Å². The van der Waals surface area contributed by atoms with Crippen molar-refractivity contribution < 1.29 is 9.53 Å². The molecule has 0 saturated heterocycles. The lowest BCUT2D eigenvalue weighted by Crippen LogP contribution is -2.34. The number of likely N-dealkylation sites (N-methyl/N-ethyl adjacent to an activating group) is 1. The molecule has 1 aliphatic heterocycles. The maximum absolute atomic E-state index is 12.5. The van der Waals surface area contributed by atoms with Crippen molar-refractivity contribution in [1.82, 2.24) is 9.91 Å². The first kappa shape index (κ1) is 17.2. The second-order valence-electron chi connectivity index (χ2n) is 6.20. The van der Waals surface area contributed by atoms with E-state index in [9.17, 15) is 4.79 Å². The van der Waals surface area contributed by atoms with Gasteiger partial charge in [0.15, 0.2) is 0 Å². The Morgan fingerprint density at radius 3 is 2.56 bits per heavy atom. The number of hydrogen-bond acceptors (Lipinski definition) is 4. The molecule has 0 atom stereocenters. The fourth-order valence-corrected chi connectivity index (χ4v) is 2.88. The van der Waals surface area contributed by atoms with Crippen LogP contribution in [0.25, 0.3) is 0 Å². The van der Waals surface area contributed by atoms with Crippen LogP contribution in [0.2, 0.25) is 0 Å². The Morgan fingerprint density at radius 1 is 1.16 bits per heavy atom. The first-order valence-corrected chi connectivity index (χ1v) is 8.40. The molecule has 0 aromatic heterocycles. The van der Waals surface area contributed by atoms with Crippen molar-refractivity contribution in [2.24, 2.45) is 5.10 Å². The van der Waals surface area contributed by atoms with E-state index in [1.54, 1.807) is 12.1 Å². The number of carbonyl (C=O) groups is 1. The predicted molar refractivity (Wildman–Crippen MR) is 98.6 cm³/mol. The second-order valence-corrected chi connectivity index (χ2v) is 6.20. The Balaban J connectivity index is 1.55. The summed E-state index contributed by atoms with van der Waals surface area (Å²) in [6, 6.07) is 17.9. The van der Waals surface area contributed by atoms with E-state index < -0.39 is 0 Å². The number of hydrazone groups is 1. The molecule has 1 amide bonds. The summed E-state index contributed by atoms with van der Waals surface area (Å²) >= 11 is 0. The standard InChI is InChI=1S/C20H23N3O2/c1-22(14-16-8-10-18(25-2)11-9-16)15-20(24)23-13-12-19(21-23)17-6-4-3-5-7-17/h3-11H,12-15H2,1-2H3. The van der Waals surface area contributed by atoms with Crippen molar-refractivity contribution in [1.29, 1.82) is 0 Å². The topological polar surface area (TPSA) is 45.1 Å². The molecule has 2 aromatic rings. The van der Waals surface area contributed by atoms with Gasteiger partial charge in [0.25, 0.3) is 5.91 Å². The smallest absolute Gasteiger partial charge is 0.256 e. The minimum atomic E-state index is 0.0296. The highest BCUT2D eigenvalue weighted by molar-refractivity contribution is 6.02. The van der Waals surface area contributed by atoms with Crippen LogP contribution >= 0.6 is 0 Å². The van der Waals surface area contributed by atoms with Crippen molar-refractivity contribution in [2.45, 2.75) is 13.0 Å². The summed E-state index contributed by atoms with van der Waals surface area (Å²) in [6.45, 7) is 1.70. The zero-order valence-electron chi connectivity index (χ0n) is 14.7. The highest BCUT2D eigenvalue weighted by Gasteiger charge is 2.22. The Kier molecular flexibility index (Phi) is 5.46. The monoisotopic (exact) mass is 337 g/mol. The molecule has 25 heavy (non-hydrogen) atoms.